The summed E-state index contributed by atoms with van der Waals surface area (Å²) in [5.74, 6) is -0.506. The van der Waals surface area contributed by atoms with Crippen molar-refractivity contribution in [3.63, 3.8) is 0 Å². The summed E-state index contributed by atoms with van der Waals surface area (Å²) in [6.45, 7) is 1.83. The van der Waals surface area contributed by atoms with E-state index in [1.165, 1.54) is 0 Å². The Hall–Kier alpha value is -2.77. The molecule has 0 aliphatic carbocycles. The summed E-state index contributed by atoms with van der Waals surface area (Å²) in [6.07, 6.45) is 1.60. The fraction of sp³-hybridized carbons (Fsp3) is 0.190. The number of benzene rings is 2. The predicted octanol–water partition coefficient (Wildman–Crippen LogP) is 4.52. The SMILES string of the molecule is CCOC(=O)CN1C(=O)S/C(=C/c2cccc(OCc3ccc(Cl)cc3)c2)C1=O. The molecule has 0 saturated carbocycles. The number of esters is 1. The smallest absolute Gasteiger partial charge is 0.326 e. The van der Waals surface area contributed by atoms with Crippen LogP contribution in [0.1, 0.15) is 18.1 Å². The Morgan fingerprint density at radius 2 is 1.93 bits per heavy atom. The van der Waals surface area contributed by atoms with Gasteiger partial charge in [-0.1, -0.05) is 35.9 Å². The maximum atomic E-state index is 12.4. The number of amides is 2. The van der Waals surface area contributed by atoms with Crippen molar-refractivity contribution in [2.75, 3.05) is 13.2 Å². The number of thioether (sulfide) groups is 1. The Morgan fingerprint density at radius 3 is 2.66 bits per heavy atom. The standard InChI is InChI=1S/C21H18ClNO5S/c1-2-27-19(24)12-23-20(25)18(29-21(23)26)11-15-4-3-5-17(10-15)28-13-14-6-8-16(22)9-7-14/h3-11H,2,12-13H2,1H3/b18-11+. The summed E-state index contributed by atoms with van der Waals surface area (Å²) in [6, 6.07) is 14.5. The molecule has 150 valence electrons. The molecule has 0 aromatic heterocycles. The number of hydrogen-bond donors (Lipinski definition) is 0. The Morgan fingerprint density at radius 1 is 1.17 bits per heavy atom. The number of imide groups is 1. The molecule has 3 rings (SSSR count). The van der Waals surface area contributed by atoms with Crippen LogP contribution in [0.2, 0.25) is 5.02 Å². The summed E-state index contributed by atoms with van der Waals surface area (Å²) in [5, 5.41) is 0.164. The van der Waals surface area contributed by atoms with Gasteiger partial charge in [-0.05, 0) is 60.2 Å². The number of halogens is 1. The second-order valence-electron chi connectivity index (χ2n) is 6.06. The van der Waals surface area contributed by atoms with Crippen LogP contribution in [0.15, 0.2) is 53.4 Å². The number of carbonyl (C=O) groups is 3. The summed E-state index contributed by atoms with van der Waals surface area (Å²) in [4.78, 5) is 37.2. The van der Waals surface area contributed by atoms with Gasteiger partial charge in [0.05, 0.1) is 11.5 Å². The van der Waals surface area contributed by atoms with Crippen LogP contribution in [-0.2, 0) is 20.9 Å². The molecule has 2 amide bonds. The predicted molar refractivity (Wildman–Crippen MR) is 112 cm³/mol. The van der Waals surface area contributed by atoms with Gasteiger partial charge in [0, 0.05) is 5.02 Å². The van der Waals surface area contributed by atoms with E-state index in [9.17, 15) is 14.4 Å². The third-order valence-corrected chi connectivity index (χ3v) is 5.10. The molecule has 0 N–H and O–H groups in total. The zero-order valence-electron chi connectivity index (χ0n) is 15.6. The molecule has 8 heteroatoms. The molecule has 0 bridgehead atoms. The zero-order chi connectivity index (χ0) is 20.8. The highest BCUT2D eigenvalue weighted by Gasteiger charge is 2.36. The maximum Gasteiger partial charge on any atom is 0.326 e. The largest absolute Gasteiger partial charge is 0.489 e. The van der Waals surface area contributed by atoms with Crippen LogP contribution in [0, 0.1) is 0 Å². The molecule has 1 aliphatic rings. The van der Waals surface area contributed by atoms with Crippen molar-refractivity contribution in [3.05, 3.63) is 69.6 Å². The number of hydrogen-bond acceptors (Lipinski definition) is 6. The van der Waals surface area contributed by atoms with Gasteiger partial charge < -0.3 is 9.47 Å². The highest BCUT2D eigenvalue weighted by Crippen LogP contribution is 2.32. The molecule has 6 nitrogen and oxygen atoms in total. The summed E-state index contributed by atoms with van der Waals surface area (Å²) in [7, 11) is 0. The molecule has 1 aliphatic heterocycles. The van der Waals surface area contributed by atoms with E-state index in [4.69, 9.17) is 21.1 Å². The quantitative estimate of drug-likeness (QED) is 0.474. The molecular weight excluding hydrogens is 414 g/mol. The number of carbonyl (C=O) groups excluding carboxylic acids is 3. The van der Waals surface area contributed by atoms with Gasteiger partial charge in [0.2, 0.25) is 0 Å². The molecule has 29 heavy (non-hydrogen) atoms. The van der Waals surface area contributed by atoms with Crippen molar-refractivity contribution >= 4 is 46.6 Å². The van der Waals surface area contributed by atoms with Crippen molar-refractivity contribution < 1.29 is 23.9 Å². The van der Waals surface area contributed by atoms with Gasteiger partial charge in [-0.2, -0.15) is 0 Å². The summed E-state index contributed by atoms with van der Waals surface area (Å²) in [5.41, 5.74) is 1.68. The molecular formula is C21H18ClNO5S. The van der Waals surface area contributed by atoms with E-state index in [0.29, 0.717) is 22.9 Å². The topological polar surface area (TPSA) is 72.9 Å². The molecule has 0 radical (unpaired) electrons. The van der Waals surface area contributed by atoms with E-state index in [1.54, 1.807) is 49.4 Å². The van der Waals surface area contributed by atoms with E-state index in [-0.39, 0.29) is 18.1 Å². The van der Waals surface area contributed by atoms with E-state index in [2.05, 4.69) is 0 Å². The highest BCUT2D eigenvalue weighted by molar-refractivity contribution is 8.18. The van der Waals surface area contributed by atoms with Crippen LogP contribution in [0.3, 0.4) is 0 Å². The molecule has 0 spiro atoms. The number of rotatable bonds is 7. The van der Waals surface area contributed by atoms with Crippen molar-refractivity contribution in [2.45, 2.75) is 13.5 Å². The molecule has 1 saturated heterocycles. The average Bonchev–Trinajstić information content (AvgIpc) is 2.95. The third-order valence-electron chi connectivity index (χ3n) is 3.94. The minimum atomic E-state index is -0.617. The lowest BCUT2D eigenvalue weighted by atomic mass is 10.2. The maximum absolute atomic E-state index is 12.4. The number of ether oxygens (including phenoxy) is 2. The first-order chi connectivity index (χ1) is 14.0. The van der Waals surface area contributed by atoms with Gasteiger partial charge in [-0.3, -0.25) is 19.3 Å². The molecule has 0 unspecified atom stereocenters. The Balaban J connectivity index is 1.67. The first-order valence-electron chi connectivity index (χ1n) is 8.84. The second-order valence-corrected chi connectivity index (χ2v) is 7.49. The molecule has 2 aromatic carbocycles. The van der Waals surface area contributed by atoms with Gasteiger partial charge in [-0.15, -0.1) is 0 Å². The Bertz CT molecular complexity index is 958. The van der Waals surface area contributed by atoms with Crippen LogP contribution < -0.4 is 4.74 Å². The number of nitrogens with zero attached hydrogens (tertiary/aromatic N) is 1. The minimum Gasteiger partial charge on any atom is -0.489 e. The van der Waals surface area contributed by atoms with Crippen molar-refractivity contribution in [2.24, 2.45) is 0 Å². The first-order valence-corrected chi connectivity index (χ1v) is 10.0. The summed E-state index contributed by atoms with van der Waals surface area (Å²) >= 11 is 6.67. The first kappa shape index (κ1) is 21.0. The van der Waals surface area contributed by atoms with Gasteiger partial charge in [0.25, 0.3) is 11.1 Å². The lowest BCUT2D eigenvalue weighted by Gasteiger charge is -2.10. The lowest BCUT2D eigenvalue weighted by molar-refractivity contribution is -0.145. The molecule has 0 atom stereocenters. The van der Waals surface area contributed by atoms with Gasteiger partial charge >= 0.3 is 5.97 Å². The molecule has 1 fully saturated rings. The Kier molecular flexibility index (Phi) is 6.95. The monoisotopic (exact) mass is 431 g/mol. The fourth-order valence-corrected chi connectivity index (χ4v) is 3.53. The van der Waals surface area contributed by atoms with Crippen LogP contribution >= 0.6 is 23.4 Å². The van der Waals surface area contributed by atoms with Gasteiger partial charge in [-0.25, -0.2) is 0 Å². The van der Waals surface area contributed by atoms with Gasteiger partial charge in [0.15, 0.2) is 0 Å². The van der Waals surface area contributed by atoms with Crippen LogP contribution in [-0.4, -0.2) is 35.2 Å². The van der Waals surface area contributed by atoms with Crippen molar-refractivity contribution in [3.8, 4) is 5.75 Å². The van der Waals surface area contributed by atoms with E-state index >= 15 is 0 Å². The fourth-order valence-electron chi connectivity index (χ4n) is 2.56. The van der Waals surface area contributed by atoms with Crippen molar-refractivity contribution in [1.82, 2.24) is 4.90 Å². The minimum absolute atomic E-state index is 0.188. The van der Waals surface area contributed by atoms with E-state index in [1.807, 2.05) is 12.1 Å². The van der Waals surface area contributed by atoms with E-state index in [0.717, 1.165) is 22.2 Å². The van der Waals surface area contributed by atoms with Crippen molar-refractivity contribution in [1.29, 1.82) is 0 Å². The third kappa shape index (κ3) is 5.62. The van der Waals surface area contributed by atoms with Gasteiger partial charge in [0.1, 0.15) is 18.9 Å². The van der Waals surface area contributed by atoms with Crippen LogP contribution in [0.25, 0.3) is 6.08 Å². The van der Waals surface area contributed by atoms with E-state index < -0.39 is 17.1 Å². The van der Waals surface area contributed by atoms with Crippen LogP contribution in [0.5, 0.6) is 5.75 Å². The normalized spacial score (nSPS) is 15.1. The van der Waals surface area contributed by atoms with Crippen LogP contribution in [0.4, 0.5) is 4.79 Å². The lowest BCUT2D eigenvalue weighted by Crippen LogP contribution is -2.34. The molecule has 1 heterocycles. The zero-order valence-corrected chi connectivity index (χ0v) is 17.2. The highest BCUT2D eigenvalue weighted by atomic mass is 35.5. The Labute approximate surface area is 177 Å². The second kappa shape index (κ2) is 9.62. The molecule has 2 aromatic rings. The summed E-state index contributed by atoms with van der Waals surface area (Å²) < 4.78 is 10.6. The average molecular weight is 432 g/mol.